The largest absolute Gasteiger partial charge is 0.310 e. The second-order valence-electron chi connectivity index (χ2n) is 7.59. The fourth-order valence-corrected chi connectivity index (χ4v) is 4.44. The lowest BCUT2D eigenvalue weighted by molar-refractivity contribution is 0.253. The van der Waals surface area contributed by atoms with Crippen LogP contribution in [0.15, 0.2) is 47.5 Å². The standard InChI is InChI=1S/C21H20ClN5O/c1-13-4-2-3-5-17(13)26-11-10-18-19(21(26)28)24-25-20-16(12-23-27(18)20)14-6-8-15(22)9-7-14/h6-13,17H,2-5H2,1H3/t13-,17+/m0/s1. The normalized spacial score (nSPS) is 20.1. The first-order chi connectivity index (χ1) is 13.6. The molecule has 1 fully saturated rings. The zero-order chi connectivity index (χ0) is 19.3. The average Bonchev–Trinajstić information content (AvgIpc) is 3.14. The van der Waals surface area contributed by atoms with Gasteiger partial charge in [0.15, 0.2) is 11.2 Å². The lowest BCUT2D eigenvalue weighted by Crippen LogP contribution is -2.31. The maximum atomic E-state index is 13.1. The van der Waals surface area contributed by atoms with Gasteiger partial charge in [-0.2, -0.15) is 5.10 Å². The van der Waals surface area contributed by atoms with Gasteiger partial charge in [0.25, 0.3) is 5.56 Å². The van der Waals surface area contributed by atoms with Gasteiger partial charge in [0, 0.05) is 22.8 Å². The summed E-state index contributed by atoms with van der Waals surface area (Å²) in [6.07, 6.45) is 8.23. The highest BCUT2D eigenvalue weighted by atomic mass is 35.5. The highest BCUT2D eigenvalue weighted by Crippen LogP contribution is 2.33. The Morgan fingerprint density at radius 3 is 2.64 bits per heavy atom. The van der Waals surface area contributed by atoms with Crippen LogP contribution in [0.5, 0.6) is 0 Å². The van der Waals surface area contributed by atoms with E-state index in [0.29, 0.717) is 27.6 Å². The van der Waals surface area contributed by atoms with Crippen molar-refractivity contribution >= 4 is 28.3 Å². The van der Waals surface area contributed by atoms with E-state index in [4.69, 9.17) is 11.6 Å². The smallest absolute Gasteiger partial charge is 0.280 e. The second kappa shape index (κ2) is 6.71. The van der Waals surface area contributed by atoms with Crippen LogP contribution in [0.2, 0.25) is 5.02 Å². The third-order valence-electron chi connectivity index (χ3n) is 5.87. The van der Waals surface area contributed by atoms with Crippen LogP contribution in [0, 0.1) is 5.92 Å². The maximum absolute atomic E-state index is 13.1. The molecule has 142 valence electrons. The second-order valence-corrected chi connectivity index (χ2v) is 8.03. The summed E-state index contributed by atoms with van der Waals surface area (Å²) in [6.45, 7) is 2.22. The monoisotopic (exact) mass is 393 g/mol. The average molecular weight is 394 g/mol. The van der Waals surface area contributed by atoms with Crippen LogP contribution < -0.4 is 5.56 Å². The van der Waals surface area contributed by atoms with Gasteiger partial charge in [-0.05, 0) is 42.5 Å². The van der Waals surface area contributed by atoms with Crippen molar-refractivity contribution in [3.63, 3.8) is 0 Å². The van der Waals surface area contributed by atoms with E-state index in [2.05, 4.69) is 22.2 Å². The Balaban J connectivity index is 1.66. The van der Waals surface area contributed by atoms with Gasteiger partial charge >= 0.3 is 0 Å². The van der Waals surface area contributed by atoms with Gasteiger partial charge in [0.05, 0.1) is 6.20 Å². The highest BCUT2D eigenvalue weighted by Gasteiger charge is 2.25. The van der Waals surface area contributed by atoms with Crippen LogP contribution in [0.3, 0.4) is 0 Å². The van der Waals surface area contributed by atoms with E-state index < -0.39 is 0 Å². The van der Waals surface area contributed by atoms with Crippen LogP contribution in [-0.4, -0.2) is 24.4 Å². The number of aromatic nitrogens is 5. The molecule has 0 aliphatic heterocycles. The topological polar surface area (TPSA) is 65.1 Å². The molecule has 0 bridgehead atoms. The number of fused-ring (bicyclic) bond motifs is 3. The maximum Gasteiger partial charge on any atom is 0.280 e. The predicted molar refractivity (Wildman–Crippen MR) is 110 cm³/mol. The zero-order valence-electron chi connectivity index (χ0n) is 15.5. The van der Waals surface area contributed by atoms with Crippen molar-refractivity contribution in [3.8, 4) is 11.1 Å². The van der Waals surface area contributed by atoms with Crippen molar-refractivity contribution in [1.82, 2.24) is 24.4 Å². The molecule has 7 heteroatoms. The van der Waals surface area contributed by atoms with E-state index in [1.807, 2.05) is 41.1 Å². The molecule has 0 amide bonds. The quantitative estimate of drug-likeness (QED) is 0.502. The minimum Gasteiger partial charge on any atom is -0.310 e. The SMILES string of the molecule is C[C@H]1CCCC[C@H]1n1ccc2c(nnc3c(-c4ccc(Cl)cc4)cnn32)c1=O. The van der Waals surface area contributed by atoms with Crippen molar-refractivity contribution in [2.24, 2.45) is 5.92 Å². The molecule has 3 heterocycles. The third-order valence-corrected chi connectivity index (χ3v) is 6.12. The molecule has 0 spiro atoms. The van der Waals surface area contributed by atoms with E-state index in [9.17, 15) is 4.79 Å². The van der Waals surface area contributed by atoms with E-state index in [1.54, 1.807) is 10.7 Å². The Morgan fingerprint density at radius 2 is 1.86 bits per heavy atom. The number of nitrogens with zero attached hydrogens (tertiary/aromatic N) is 5. The summed E-state index contributed by atoms with van der Waals surface area (Å²) in [4.78, 5) is 13.1. The van der Waals surface area contributed by atoms with E-state index in [0.717, 1.165) is 30.4 Å². The molecule has 0 radical (unpaired) electrons. The summed E-state index contributed by atoms with van der Waals surface area (Å²) in [6, 6.07) is 9.67. The lowest BCUT2D eigenvalue weighted by Gasteiger charge is -2.30. The predicted octanol–water partition coefficient (Wildman–Crippen LogP) is 4.51. The lowest BCUT2D eigenvalue weighted by atomic mass is 9.85. The van der Waals surface area contributed by atoms with Crippen LogP contribution >= 0.6 is 11.6 Å². The van der Waals surface area contributed by atoms with Gasteiger partial charge in [-0.3, -0.25) is 4.79 Å². The minimum atomic E-state index is -0.0887. The van der Waals surface area contributed by atoms with Gasteiger partial charge in [-0.1, -0.05) is 43.5 Å². The zero-order valence-corrected chi connectivity index (χ0v) is 16.3. The molecule has 1 saturated carbocycles. The third kappa shape index (κ3) is 2.71. The minimum absolute atomic E-state index is 0.0887. The molecule has 2 atom stereocenters. The Kier molecular flexibility index (Phi) is 4.16. The van der Waals surface area contributed by atoms with Crippen molar-refractivity contribution in [2.45, 2.75) is 38.6 Å². The van der Waals surface area contributed by atoms with Crippen LogP contribution in [0.1, 0.15) is 38.6 Å². The first-order valence-corrected chi connectivity index (χ1v) is 10.0. The molecule has 0 saturated heterocycles. The van der Waals surface area contributed by atoms with Gasteiger partial charge in [0.1, 0.15) is 5.52 Å². The molecule has 0 N–H and O–H groups in total. The van der Waals surface area contributed by atoms with E-state index >= 15 is 0 Å². The first-order valence-electron chi connectivity index (χ1n) is 9.64. The molecule has 5 rings (SSSR count). The molecule has 1 aromatic carbocycles. The fraction of sp³-hybridized carbons (Fsp3) is 0.333. The summed E-state index contributed by atoms with van der Waals surface area (Å²) in [5, 5.41) is 13.8. The summed E-state index contributed by atoms with van der Waals surface area (Å²) in [5.41, 5.74) is 3.38. The summed E-state index contributed by atoms with van der Waals surface area (Å²) in [7, 11) is 0. The fourth-order valence-electron chi connectivity index (χ4n) is 4.31. The van der Waals surface area contributed by atoms with Crippen molar-refractivity contribution in [1.29, 1.82) is 0 Å². The van der Waals surface area contributed by atoms with Crippen molar-refractivity contribution in [2.75, 3.05) is 0 Å². The molecule has 4 aromatic rings. The number of rotatable bonds is 2. The molecular weight excluding hydrogens is 374 g/mol. The molecule has 3 aromatic heterocycles. The molecular formula is C21H20ClN5O. The molecule has 1 aliphatic carbocycles. The molecule has 1 aliphatic rings. The van der Waals surface area contributed by atoms with Crippen LogP contribution in [0.25, 0.3) is 27.8 Å². The number of benzene rings is 1. The summed E-state index contributed by atoms with van der Waals surface area (Å²) < 4.78 is 3.54. The van der Waals surface area contributed by atoms with Crippen molar-refractivity contribution in [3.05, 3.63) is 58.1 Å². The Hall–Kier alpha value is -2.73. The van der Waals surface area contributed by atoms with E-state index in [-0.39, 0.29) is 11.6 Å². The Morgan fingerprint density at radius 1 is 1.07 bits per heavy atom. The van der Waals surface area contributed by atoms with Gasteiger partial charge < -0.3 is 4.57 Å². The van der Waals surface area contributed by atoms with Crippen LogP contribution in [-0.2, 0) is 0 Å². The van der Waals surface area contributed by atoms with Crippen molar-refractivity contribution < 1.29 is 0 Å². The van der Waals surface area contributed by atoms with Gasteiger partial charge in [0.2, 0.25) is 0 Å². The number of halogens is 1. The van der Waals surface area contributed by atoms with Crippen LogP contribution in [0.4, 0.5) is 0 Å². The van der Waals surface area contributed by atoms with Gasteiger partial charge in [-0.25, -0.2) is 4.52 Å². The molecule has 28 heavy (non-hydrogen) atoms. The summed E-state index contributed by atoms with van der Waals surface area (Å²) >= 11 is 5.99. The Bertz CT molecular complexity index is 1230. The van der Waals surface area contributed by atoms with Gasteiger partial charge in [-0.15, -0.1) is 10.2 Å². The first kappa shape index (κ1) is 17.4. The number of pyridine rings is 1. The number of hydrogen-bond donors (Lipinski definition) is 0. The highest BCUT2D eigenvalue weighted by molar-refractivity contribution is 6.30. The Labute approximate surface area is 166 Å². The van der Waals surface area contributed by atoms with E-state index in [1.165, 1.54) is 6.42 Å². The molecule has 0 unspecified atom stereocenters. The molecule has 6 nitrogen and oxygen atoms in total. The summed E-state index contributed by atoms with van der Waals surface area (Å²) in [5.74, 6) is 0.488. The number of hydrogen-bond acceptors (Lipinski definition) is 4.